The number of nitrogens with zero attached hydrogens (tertiary/aromatic N) is 1. The smallest absolute Gasteiger partial charge is 0.255 e. The maximum atomic E-state index is 12.1. The molecule has 22 heavy (non-hydrogen) atoms. The van der Waals surface area contributed by atoms with Crippen LogP contribution in [0.5, 0.6) is 0 Å². The Morgan fingerprint density at radius 2 is 2.05 bits per heavy atom. The summed E-state index contributed by atoms with van der Waals surface area (Å²) < 4.78 is 5.38. The van der Waals surface area contributed by atoms with Gasteiger partial charge in [0, 0.05) is 10.9 Å². The second-order valence-corrected chi connectivity index (χ2v) is 5.88. The Balaban J connectivity index is 1.66. The van der Waals surface area contributed by atoms with Crippen molar-refractivity contribution in [3.8, 4) is 10.6 Å². The van der Waals surface area contributed by atoms with E-state index in [1.807, 2.05) is 42.6 Å². The molecule has 3 aromatic rings. The fourth-order valence-electron chi connectivity index (χ4n) is 2.22. The number of nitrogens with one attached hydrogen (secondary N) is 1. The molecular formula is C17H16N2O2S. The Labute approximate surface area is 132 Å². The number of benzene rings is 1. The Hall–Kier alpha value is -2.40. The number of aryl methyl sites for hydroxylation is 2. The van der Waals surface area contributed by atoms with Gasteiger partial charge in [-0.1, -0.05) is 30.3 Å². The second kappa shape index (κ2) is 6.15. The van der Waals surface area contributed by atoms with Gasteiger partial charge in [-0.15, -0.1) is 11.3 Å². The van der Waals surface area contributed by atoms with Crippen molar-refractivity contribution in [2.45, 2.75) is 20.4 Å². The topological polar surface area (TPSA) is 55.1 Å². The summed E-state index contributed by atoms with van der Waals surface area (Å²) in [5.74, 6) is 1.24. The predicted molar refractivity (Wildman–Crippen MR) is 86.9 cm³/mol. The first kappa shape index (κ1) is 14.5. The summed E-state index contributed by atoms with van der Waals surface area (Å²) in [6.45, 7) is 4.03. The Kier molecular flexibility index (Phi) is 4.06. The van der Waals surface area contributed by atoms with Crippen molar-refractivity contribution in [2.24, 2.45) is 0 Å². The van der Waals surface area contributed by atoms with E-state index < -0.39 is 0 Å². The molecule has 5 heteroatoms. The van der Waals surface area contributed by atoms with Gasteiger partial charge < -0.3 is 9.73 Å². The van der Waals surface area contributed by atoms with E-state index in [9.17, 15) is 4.79 Å². The van der Waals surface area contributed by atoms with E-state index in [4.69, 9.17) is 4.42 Å². The largest absolute Gasteiger partial charge is 0.466 e. The van der Waals surface area contributed by atoms with Gasteiger partial charge in [-0.25, -0.2) is 4.98 Å². The van der Waals surface area contributed by atoms with Crippen LogP contribution in [0.1, 0.15) is 27.6 Å². The van der Waals surface area contributed by atoms with Gasteiger partial charge in [0.15, 0.2) is 0 Å². The summed E-state index contributed by atoms with van der Waals surface area (Å²) in [6.07, 6.45) is 0. The zero-order valence-corrected chi connectivity index (χ0v) is 13.2. The zero-order chi connectivity index (χ0) is 15.5. The highest BCUT2D eigenvalue weighted by atomic mass is 32.1. The van der Waals surface area contributed by atoms with E-state index >= 15 is 0 Å². The summed E-state index contributed by atoms with van der Waals surface area (Å²) in [7, 11) is 0. The minimum absolute atomic E-state index is 0.136. The predicted octanol–water partition coefficient (Wildman–Crippen LogP) is 3.95. The lowest BCUT2D eigenvalue weighted by molar-refractivity contribution is 0.0949. The average molecular weight is 312 g/mol. The van der Waals surface area contributed by atoms with Gasteiger partial charge in [-0.05, 0) is 19.9 Å². The molecule has 112 valence electrons. The van der Waals surface area contributed by atoms with Gasteiger partial charge in [-0.2, -0.15) is 0 Å². The highest BCUT2D eigenvalue weighted by Crippen LogP contribution is 2.23. The lowest BCUT2D eigenvalue weighted by Gasteiger charge is -2.01. The minimum Gasteiger partial charge on any atom is -0.466 e. The van der Waals surface area contributed by atoms with Crippen LogP contribution in [0.4, 0.5) is 0 Å². The monoisotopic (exact) mass is 312 g/mol. The van der Waals surface area contributed by atoms with Gasteiger partial charge >= 0.3 is 0 Å². The third kappa shape index (κ3) is 3.09. The first-order valence-corrected chi connectivity index (χ1v) is 7.86. The maximum Gasteiger partial charge on any atom is 0.255 e. The highest BCUT2D eigenvalue weighted by molar-refractivity contribution is 7.13. The quantitative estimate of drug-likeness (QED) is 0.793. The van der Waals surface area contributed by atoms with Gasteiger partial charge in [0.2, 0.25) is 0 Å². The molecule has 0 radical (unpaired) electrons. The molecule has 1 amide bonds. The molecule has 0 saturated heterocycles. The molecule has 0 spiro atoms. The van der Waals surface area contributed by atoms with Crippen molar-refractivity contribution >= 4 is 17.2 Å². The third-order valence-electron chi connectivity index (χ3n) is 3.29. The molecule has 0 unspecified atom stereocenters. The van der Waals surface area contributed by atoms with Crippen molar-refractivity contribution in [3.63, 3.8) is 0 Å². The number of carbonyl (C=O) groups excluding carboxylic acids is 1. The lowest BCUT2D eigenvalue weighted by atomic mass is 10.2. The Morgan fingerprint density at radius 3 is 2.73 bits per heavy atom. The van der Waals surface area contributed by atoms with E-state index in [0.29, 0.717) is 17.9 Å². The molecular weight excluding hydrogens is 296 g/mol. The lowest BCUT2D eigenvalue weighted by Crippen LogP contribution is -2.23. The number of carbonyl (C=O) groups is 1. The Morgan fingerprint density at radius 1 is 1.27 bits per heavy atom. The number of hydrogen-bond acceptors (Lipinski definition) is 4. The summed E-state index contributed by atoms with van der Waals surface area (Å²) in [6, 6.07) is 11.8. The molecule has 4 nitrogen and oxygen atoms in total. The van der Waals surface area contributed by atoms with Crippen LogP contribution >= 0.6 is 11.3 Å². The second-order valence-electron chi connectivity index (χ2n) is 5.02. The first-order chi connectivity index (χ1) is 10.6. The third-order valence-corrected chi connectivity index (χ3v) is 4.23. The molecule has 0 atom stereocenters. The van der Waals surface area contributed by atoms with Crippen LogP contribution in [-0.2, 0) is 6.54 Å². The number of hydrogen-bond donors (Lipinski definition) is 1. The zero-order valence-electron chi connectivity index (χ0n) is 12.4. The number of rotatable bonds is 4. The van der Waals surface area contributed by atoms with Crippen molar-refractivity contribution in [3.05, 3.63) is 64.6 Å². The molecule has 0 saturated carbocycles. The standard InChI is InChI=1S/C17H16N2O2S/c1-11-8-15(12(2)21-11)16(20)18-9-14-10-22-17(19-14)13-6-4-3-5-7-13/h3-8,10H,9H2,1-2H3,(H,18,20). The normalized spacial score (nSPS) is 10.6. The minimum atomic E-state index is -0.136. The van der Waals surface area contributed by atoms with Gasteiger partial charge in [0.05, 0.1) is 17.8 Å². The molecule has 3 rings (SSSR count). The molecule has 1 aromatic carbocycles. The van der Waals surface area contributed by atoms with E-state index in [0.717, 1.165) is 22.0 Å². The van der Waals surface area contributed by atoms with Crippen LogP contribution in [0, 0.1) is 13.8 Å². The van der Waals surface area contributed by atoms with Crippen LogP contribution in [0.15, 0.2) is 46.2 Å². The van der Waals surface area contributed by atoms with Crippen molar-refractivity contribution in [2.75, 3.05) is 0 Å². The summed E-state index contributed by atoms with van der Waals surface area (Å²) in [5.41, 5.74) is 2.53. The SMILES string of the molecule is Cc1cc(C(=O)NCc2csc(-c3ccccc3)n2)c(C)o1. The molecule has 0 aliphatic rings. The van der Waals surface area contributed by atoms with Crippen LogP contribution in [0.25, 0.3) is 10.6 Å². The van der Waals surface area contributed by atoms with Crippen molar-refractivity contribution < 1.29 is 9.21 Å². The average Bonchev–Trinajstić information content (AvgIpc) is 3.12. The molecule has 2 heterocycles. The molecule has 0 fully saturated rings. The molecule has 1 N–H and O–H groups in total. The number of aromatic nitrogens is 1. The van der Waals surface area contributed by atoms with Gasteiger partial charge in [0.25, 0.3) is 5.91 Å². The van der Waals surface area contributed by atoms with Crippen molar-refractivity contribution in [1.82, 2.24) is 10.3 Å². The van der Waals surface area contributed by atoms with Crippen LogP contribution in [0.2, 0.25) is 0 Å². The maximum absolute atomic E-state index is 12.1. The summed E-state index contributed by atoms with van der Waals surface area (Å²) >= 11 is 1.58. The van der Waals surface area contributed by atoms with E-state index in [-0.39, 0.29) is 5.91 Å². The summed E-state index contributed by atoms with van der Waals surface area (Å²) in [5, 5.41) is 5.81. The molecule has 2 aromatic heterocycles. The number of thiazole rings is 1. The Bertz CT molecular complexity index is 790. The van der Waals surface area contributed by atoms with E-state index in [2.05, 4.69) is 10.3 Å². The molecule has 0 bridgehead atoms. The van der Waals surface area contributed by atoms with Crippen molar-refractivity contribution in [1.29, 1.82) is 0 Å². The van der Waals surface area contributed by atoms with Crippen LogP contribution in [0.3, 0.4) is 0 Å². The molecule has 0 aliphatic carbocycles. The fraction of sp³-hybridized carbons (Fsp3) is 0.176. The van der Waals surface area contributed by atoms with E-state index in [1.165, 1.54) is 0 Å². The fourth-order valence-corrected chi connectivity index (χ4v) is 3.05. The first-order valence-electron chi connectivity index (χ1n) is 6.98. The van der Waals surface area contributed by atoms with E-state index in [1.54, 1.807) is 24.3 Å². The van der Waals surface area contributed by atoms with Gasteiger partial charge in [0.1, 0.15) is 16.5 Å². The van der Waals surface area contributed by atoms with Gasteiger partial charge in [-0.3, -0.25) is 4.79 Å². The summed E-state index contributed by atoms with van der Waals surface area (Å²) in [4.78, 5) is 16.7. The number of amides is 1. The highest BCUT2D eigenvalue weighted by Gasteiger charge is 2.13. The van der Waals surface area contributed by atoms with Crippen LogP contribution in [-0.4, -0.2) is 10.9 Å². The molecule has 0 aliphatic heterocycles. The van der Waals surface area contributed by atoms with Crippen LogP contribution < -0.4 is 5.32 Å². The number of furan rings is 1.